The number of fused-ring (bicyclic) bond motifs is 1. The van der Waals surface area contributed by atoms with Crippen molar-refractivity contribution < 1.29 is 4.79 Å². The molecule has 0 aliphatic heterocycles. The number of benzene rings is 2. The molecule has 164 valence electrons. The normalized spacial score (nSPS) is 11.2. The summed E-state index contributed by atoms with van der Waals surface area (Å²) in [5, 5.41) is 5.47. The van der Waals surface area contributed by atoms with Gasteiger partial charge in [0.1, 0.15) is 4.70 Å². The minimum Gasteiger partial charge on any atom is -0.325 e. The molecule has 0 spiro atoms. The minimum absolute atomic E-state index is 0.0585. The minimum atomic E-state index is -0.127. The fraction of sp³-hybridized carbons (Fsp3) is 0.240. The molecule has 1 amide bonds. The Morgan fingerprint density at radius 1 is 1.12 bits per heavy atom. The summed E-state index contributed by atoms with van der Waals surface area (Å²) >= 11 is 2.71. The molecular weight excluding hydrogens is 438 g/mol. The largest absolute Gasteiger partial charge is 0.325 e. The van der Waals surface area contributed by atoms with Crippen molar-refractivity contribution in [1.82, 2.24) is 9.55 Å². The van der Waals surface area contributed by atoms with Crippen LogP contribution in [0.4, 0.5) is 5.69 Å². The summed E-state index contributed by atoms with van der Waals surface area (Å²) in [5.74, 6) is 0.493. The second-order valence-electron chi connectivity index (χ2n) is 7.75. The third-order valence-electron chi connectivity index (χ3n) is 5.24. The van der Waals surface area contributed by atoms with Crippen LogP contribution in [0.2, 0.25) is 0 Å². The van der Waals surface area contributed by atoms with Crippen LogP contribution < -0.4 is 10.9 Å². The molecule has 32 heavy (non-hydrogen) atoms. The molecule has 0 aliphatic rings. The summed E-state index contributed by atoms with van der Waals surface area (Å²) in [6, 6.07) is 17.8. The first-order chi connectivity index (χ1) is 15.5. The number of thiophene rings is 1. The molecule has 0 bridgehead atoms. The number of nitrogens with zero attached hydrogens (tertiary/aromatic N) is 2. The maximum atomic E-state index is 13.1. The molecule has 0 radical (unpaired) electrons. The quantitative estimate of drug-likeness (QED) is 0.270. The van der Waals surface area contributed by atoms with Gasteiger partial charge in [0.05, 0.1) is 11.3 Å². The third kappa shape index (κ3) is 4.64. The van der Waals surface area contributed by atoms with Crippen molar-refractivity contribution in [1.29, 1.82) is 0 Å². The predicted molar refractivity (Wildman–Crippen MR) is 135 cm³/mol. The van der Waals surface area contributed by atoms with Gasteiger partial charge in [0.25, 0.3) is 5.56 Å². The van der Waals surface area contributed by atoms with Crippen LogP contribution in [0.1, 0.15) is 32.3 Å². The van der Waals surface area contributed by atoms with Gasteiger partial charge in [0.15, 0.2) is 5.16 Å². The van der Waals surface area contributed by atoms with Crippen molar-refractivity contribution in [2.75, 3.05) is 11.1 Å². The number of nitrogens with one attached hydrogen (secondary N) is 1. The van der Waals surface area contributed by atoms with Gasteiger partial charge in [0, 0.05) is 23.2 Å². The zero-order valence-electron chi connectivity index (χ0n) is 18.3. The first-order valence-electron chi connectivity index (χ1n) is 10.6. The molecule has 2 aromatic heterocycles. The number of rotatable bonds is 7. The fourth-order valence-corrected chi connectivity index (χ4v) is 5.29. The van der Waals surface area contributed by atoms with E-state index >= 15 is 0 Å². The topological polar surface area (TPSA) is 64.0 Å². The Morgan fingerprint density at radius 2 is 1.84 bits per heavy atom. The second kappa shape index (κ2) is 9.71. The maximum absolute atomic E-state index is 13.1. The van der Waals surface area contributed by atoms with E-state index in [1.165, 1.54) is 28.7 Å². The van der Waals surface area contributed by atoms with Crippen molar-refractivity contribution in [3.8, 4) is 11.1 Å². The monoisotopic (exact) mass is 463 g/mol. The Bertz CT molecular complexity index is 1290. The van der Waals surface area contributed by atoms with Gasteiger partial charge in [-0.15, -0.1) is 11.3 Å². The molecule has 4 aromatic rings. The Hall–Kier alpha value is -2.90. The number of hydrogen-bond acceptors (Lipinski definition) is 5. The summed E-state index contributed by atoms with van der Waals surface area (Å²) in [5.41, 5.74) is 4.60. The second-order valence-corrected chi connectivity index (χ2v) is 9.57. The number of anilines is 1. The highest BCUT2D eigenvalue weighted by Crippen LogP contribution is 2.32. The van der Waals surface area contributed by atoms with Gasteiger partial charge in [-0.3, -0.25) is 14.2 Å². The number of aromatic nitrogens is 2. The molecule has 4 rings (SSSR count). The summed E-state index contributed by atoms with van der Waals surface area (Å²) < 4.78 is 2.29. The highest BCUT2D eigenvalue weighted by atomic mass is 32.2. The van der Waals surface area contributed by atoms with E-state index in [0.29, 0.717) is 27.8 Å². The van der Waals surface area contributed by atoms with Crippen LogP contribution in [-0.4, -0.2) is 21.2 Å². The fourth-order valence-electron chi connectivity index (χ4n) is 3.47. The summed E-state index contributed by atoms with van der Waals surface area (Å²) in [6.45, 7) is 6.69. The van der Waals surface area contributed by atoms with E-state index in [1.807, 2.05) is 66.9 Å². The van der Waals surface area contributed by atoms with Crippen LogP contribution >= 0.6 is 23.1 Å². The molecule has 1 N–H and O–H groups in total. The average molecular weight is 464 g/mol. The molecule has 0 unspecified atom stereocenters. The van der Waals surface area contributed by atoms with Crippen LogP contribution in [0, 0.1) is 0 Å². The van der Waals surface area contributed by atoms with E-state index in [0.717, 1.165) is 16.8 Å². The molecule has 0 fully saturated rings. The molecular formula is C25H25N3O2S2. The van der Waals surface area contributed by atoms with Crippen molar-refractivity contribution in [2.45, 2.75) is 38.4 Å². The maximum Gasteiger partial charge on any atom is 0.272 e. The molecule has 2 aromatic carbocycles. The van der Waals surface area contributed by atoms with Gasteiger partial charge < -0.3 is 5.32 Å². The summed E-state index contributed by atoms with van der Waals surface area (Å²) in [6.07, 6.45) is 0. The lowest BCUT2D eigenvalue weighted by Gasteiger charge is -2.11. The average Bonchev–Trinajstić information content (AvgIpc) is 3.23. The van der Waals surface area contributed by atoms with Gasteiger partial charge in [-0.1, -0.05) is 68.1 Å². The highest BCUT2D eigenvalue weighted by molar-refractivity contribution is 7.99. The van der Waals surface area contributed by atoms with Crippen LogP contribution in [0.3, 0.4) is 0 Å². The van der Waals surface area contributed by atoms with Crippen LogP contribution in [0.25, 0.3) is 21.3 Å². The number of hydrogen-bond donors (Lipinski definition) is 1. The summed E-state index contributed by atoms with van der Waals surface area (Å²) in [4.78, 5) is 30.4. The van der Waals surface area contributed by atoms with Crippen molar-refractivity contribution in [3.63, 3.8) is 0 Å². The van der Waals surface area contributed by atoms with E-state index in [-0.39, 0.29) is 17.2 Å². The van der Waals surface area contributed by atoms with Gasteiger partial charge in [-0.25, -0.2) is 4.98 Å². The lowest BCUT2D eigenvalue weighted by atomic mass is 10.0. The Labute approximate surface area is 195 Å². The van der Waals surface area contributed by atoms with Crippen molar-refractivity contribution in [3.05, 3.63) is 75.9 Å². The molecule has 0 saturated carbocycles. The van der Waals surface area contributed by atoms with E-state index in [2.05, 4.69) is 19.2 Å². The first-order valence-corrected chi connectivity index (χ1v) is 12.4. The first kappa shape index (κ1) is 22.3. The molecule has 2 heterocycles. The summed E-state index contributed by atoms with van der Waals surface area (Å²) in [7, 11) is 0. The molecule has 0 atom stereocenters. The predicted octanol–water partition coefficient (Wildman–Crippen LogP) is 6.00. The van der Waals surface area contributed by atoms with Gasteiger partial charge in [-0.05, 0) is 36.1 Å². The number of carbonyl (C=O) groups excluding carboxylic acids is 1. The van der Waals surface area contributed by atoms with E-state index in [4.69, 9.17) is 4.98 Å². The van der Waals surface area contributed by atoms with Gasteiger partial charge >= 0.3 is 0 Å². The Morgan fingerprint density at radius 3 is 2.50 bits per heavy atom. The number of amides is 1. The molecule has 0 aliphatic carbocycles. The zero-order valence-corrected chi connectivity index (χ0v) is 19.9. The van der Waals surface area contributed by atoms with Gasteiger partial charge in [-0.2, -0.15) is 0 Å². The highest BCUT2D eigenvalue weighted by Gasteiger charge is 2.17. The molecule has 7 heteroatoms. The van der Waals surface area contributed by atoms with Crippen molar-refractivity contribution >= 4 is 44.9 Å². The smallest absolute Gasteiger partial charge is 0.272 e. The van der Waals surface area contributed by atoms with E-state index in [9.17, 15) is 9.59 Å². The van der Waals surface area contributed by atoms with Crippen molar-refractivity contribution in [2.24, 2.45) is 0 Å². The lowest BCUT2D eigenvalue weighted by molar-refractivity contribution is -0.113. The standard InChI is InChI=1S/C25H25N3O2S2/c1-4-28-24(30)23-22(20(14-31-23)18-8-6-5-7-9-18)27-25(28)32-15-21(29)26-19-12-10-17(11-13-19)16(2)3/h5-14,16H,4,15H2,1-3H3,(H,26,29). The van der Waals surface area contributed by atoms with Crippen LogP contribution in [-0.2, 0) is 11.3 Å². The molecule has 5 nitrogen and oxygen atoms in total. The van der Waals surface area contributed by atoms with Gasteiger partial charge in [0.2, 0.25) is 5.91 Å². The number of thioether (sulfide) groups is 1. The SMILES string of the molecule is CCn1c(SCC(=O)Nc2ccc(C(C)C)cc2)nc2c(-c3ccccc3)csc2c1=O. The van der Waals surface area contributed by atoms with Crippen LogP contribution in [0.15, 0.2) is 69.9 Å². The zero-order chi connectivity index (χ0) is 22.7. The molecule has 0 saturated heterocycles. The number of carbonyl (C=O) groups is 1. The third-order valence-corrected chi connectivity index (χ3v) is 7.17. The van der Waals surface area contributed by atoms with Crippen LogP contribution in [0.5, 0.6) is 0 Å². The van der Waals surface area contributed by atoms with E-state index in [1.54, 1.807) is 4.57 Å². The Kier molecular flexibility index (Phi) is 6.77. The van der Waals surface area contributed by atoms with E-state index < -0.39 is 0 Å². The lowest BCUT2D eigenvalue weighted by Crippen LogP contribution is -2.22. The Balaban J connectivity index is 1.56.